The Morgan fingerprint density at radius 2 is 0.400 bits per heavy atom. The van der Waals surface area contributed by atoms with Gasteiger partial charge in [0, 0.05) is 0 Å². The predicted molar refractivity (Wildman–Crippen MR) is 200 cm³/mol. The van der Waals surface area contributed by atoms with E-state index in [0.717, 1.165) is 0 Å². The zero-order chi connectivity index (χ0) is 29.8. The van der Waals surface area contributed by atoms with Crippen molar-refractivity contribution in [2.45, 2.75) is 7.43 Å². The first-order valence-electron chi connectivity index (χ1n) is 15.0. The van der Waals surface area contributed by atoms with E-state index in [0.29, 0.717) is 0 Å². The molecule has 0 heterocycles. The van der Waals surface area contributed by atoms with E-state index < -0.39 is 0 Å². The highest BCUT2D eigenvalue weighted by Crippen LogP contribution is 2.25. The number of rotatable bonds is 0. The molecule has 0 fully saturated rings. The van der Waals surface area contributed by atoms with Gasteiger partial charge in [-0.05, 0) is 66.0 Å². The largest absolute Gasteiger partial charge is 0.0776 e. The Hall–Kier alpha value is -5.72. The molecule has 0 amide bonds. The number of fused-ring (bicyclic) bond motifs is 6. The van der Waals surface area contributed by atoms with Crippen LogP contribution in [-0.4, -0.2) is 0 Å². The third kappa shape index (κ3) is 8.02. The van der Waals surface area contributed by atoms with Gasteiger partial charge in [-0.1, -0.05) is 202 Å². The van der Waals surface area contributed by atoms with E-state index in [1.165, 1.54) is 53.9 Å². The SMILES string of the molecule is C.c1ccc2c(c1)ccc1ccccc12.c1ccc2cc3ccccc3cc2c1.c1ccc2ccccc2c1.c1ccccc1. The third-order valence-electron chi connectivity index (χ3n) is 7.59. The molecule has 0 aromatic heterocycles. The quantitative estimate of drug-likeness (QED) is 0.124. The highest BCUT2D eigenvalue weighted by atomic mass is 14.0. The molecule has 0 aliphatic heterocycles. The van der Waals surface area contributed by atoms with Gasteiger partial charge in [0.2, 0.25) is 0 Å². The molecule has 9 aromatic rings. The summed E-state index contributed by atoms with van der Waals surface area (Å²) in [7, 11) is 0. The van der Waals surface area contributed by atoms with Crippen LogP contribution in [0.2, 0.25) is 0 Å². The molecule has 0 N–H and O–H groups in total. The van der Waals surface area contributed by atoms with Gasteiger partial charge in [0.1, 0.15) is 0 Å². The number of hydrogen-bond donors (Lipinski definition) is 0. The fraction of sp³-hybridized carbons (Fsp3) is 0.0222. The van der Waals surface area contributed by atoms with Crippen molar-refractivity contribution >= 4 is 53.9 Å². The fourth-order valence-electron chi connectivity index (χ4n) is 5.36. The van der Waals surface area contributed by atoms with Crippen LogP contribution in [0.5, 0.6) is 0 Å². The number of hydrogen-bond acceptors (Lipinski definition) is 0. The van der Waals surface area contributed by atoms with Gasteiger partial charge in [-0.15, -0.1) is 0 Å². The standard InChI is InChI=1S/2C14H10.C10H8.C6H6.CH4/c1-3-7-13-11(5-1)9-10-12-6-2-4-8-14(12)13;1-2-6-12-10-14-8-4-3-7-13(14)9-11(12)5-1;1-2-6-10-8-4-3-7-9(10)5-1;1-2-4-6-5-3-1;/h2*1-10H;1-8H;1-6H;1H4. The molecular weight excluding hydrogens is 540 g/mol. The van der Waals surface area contributed by atoms with Gasteiger partial charge in [0.05, 0.1) is 0 Å². The summed E-state index contributed by atoms with van der Waals surface area (Å²) in [5.74, 6) is 0. The van der Waals surface area contributed by atoms with Crippen LogP contribution in [0.25, 0.3) is 53.9 Å². The van der Waals surface area contributed by atoms with E-state index in [-0.39, 0.29) is 7.43 Å². The van der Waals surface area contributed by atoms with Crippen molar-refractivity contribution < 1.29 is 0 Å². The summed E-state index contributed by atoms with van der Waals surface area (Å²) in [6.45, 7) is 0. The van der Waals surface area contributed by atoms with Crippen LogP contribution in [0.3, 0.4) is 0 Å². The Kier molecular flexibility index (Phi) is 10.7. The zero-order valence-electron chi connectivity index (χ0n) is 24.6. The summed E-state index contributed by atoms with van der Waals surface area (Å²) < 4.78 is 0. The maximum absolute atomic E-state index is 2.24. The van der Waals surface area contributed by atoms with Crippen molar-refractivity contribution in [1.82, 2.24) is 0 Å². The summed E-state index contributed by atoms with van der Waals surface area (Å²) in [4.78, 5) is 0. The Bertz CT molecular complexity index is 1960. The van der Waals surface area contributed by atoms with Crippen LogP contribution >= 0.6 is 0 Å². The lowest BCUT2D eigenvalue weighted by Crippen LogP contribution is -1.75. The molecule has 9 aromatic carbocycles. The van der Waals surface area contributed by atoms with Crippen molar-refractivity contribution in [3.05, 3.63) is 206 Å². The Morgan fingerprint density at radius 1 is 0.178 bits per heavy atom. The predicted octanol–water partition coefficient (Wildman–Crippen LogP) is 13.1. The van der Waals surface area contributed by atoms with Crippen LogP contribution in [0.1, 0.15) is 7.43 Å². The van der Waals surface area contributed by atoms with Crippen LogP contribution in [-0.2, 0) is 0 Å². The molecule has 0 unspecified atom stereocenters. The lowest BCUT2D eigenvalue weighted by atomic mass is 10.0. The third-order valence-corrected chi connectivity index (χ3v) is 7.59. The molecule has 0 spiro atoms. The van der Waals surface area contributed by atoms with E-state index in [1.54, 1.807) is 0 Å². The number of benzene rings is 9. The second-order valence-corrected chi connectivity index (χ2v) is 10.6. The van der Waals surface area contributed by atoms with E-state index in [9.17, 15) is 0 Å². The maximum atomic E-state index is 2.24. The molecule has 0 bridgehead atoms. The van der Waals surface area contributed by atoms with E-state index in [1.807, 2.05) is 36.4 Å². The second kappa shape index (κ2) is 15.7. The summed E-state index contributed by atoms with van der Waals surface area (Å²) in [6, 6.07) is 71.5. The van der Waals surface area contributed by atoms with Crippen LogP contribution < -0.4 is 0 Å². The van der Waals surface area contributed by atoms with Crippen LogP contribution in [0, 0.1) is 0 Å². The van der Waals surface area contributed by atoms with Crippen molar-refractivity contribution in [2.75, 3.05) is 0 Å². The van der Waals surface area contributed by atoms with E-state index >= 15 is 0 Å². The molecule has 0 heteroatoms. The smallest absolute Gasteiger partial charge is 0.0105 e. The van der Waals surface area contributed by atoms with Gasteiger partial charge >= 0.3 is 0 Å². The minimum Gasteiger partial charge on any atom is -0.0776 e. The molecule has 218 valence electrons. The van der Waals surface area contributed by atoms with Crippen LogP contribution in [0.4, 0.5) is 0 Å². The molecular formula is C45H38. The molecule has 9 rings (SSSR count). The molecule has 0 aliphatic rings. The summed E-state index contributed by atoms with van der Waals surface area (Å²) in [5, 5.41) is 13.2. The average Bonchev–Trinajstić information content (AvgIpc) is 3.12. The van der Waals surface area contributed by atoms with Gasteiger partial charge in [0.15, 0.2) is 0 Å². The second-order valence-electron chi connectivity index (χ2n) is 10.6. The first kappa shape index (κ1) is 30.7. The minimum absolute atomic E-state index is 0. The van der Waals surface area contributed by atoms with Gasteiger partial charge in [0.25, 0.3) is 0 Å². The minimum atomic E-state index is 0. The highest BCUT2D eigenvalue weighted by molar-refractivity contribution is 6.07. The first-order valence-corrected chi connectivity index (χ1v) is 15.0. The molecule has 0 radical (unpaired) electrons. The lowest BCUT2D eigenvalue weighted by Gasteiger charge is -2.02. The van der Waals surface area contributed by atoms with Gasteiger partial charge in [-0.2, -0.15) is 0 Å². The van der Waals surface area contributed by atoms with Gasteiger partial charge in [-0.3, -0.25) is 0 Å². The van der Waals surface area contributed by atoms with Crippen molar-refractivity contribution in [2.24, 2.45) is 0 Å². The highest BCUT2D eigenvalue weighted by Gasteiger charge is 1.97. The molecule has 0 atom stereocenters. The molecule has 0 saturated heterocycles. The van der Waals surface area contributed by atoms with E-state index in [2.05, 4.69) is 170 Å². The zero-order valence-corrected chi connectivity index (χ0v) is 24.6. The Balaban J connectivity index is 0.000000123. The maximum Gasteiger partial charge on any atom is -0.0105 e. The normalized spacial score (nSPS) is 10.0. The topological polar surface area (TPSA) is 0 Å². The van der Waals surface area contributed by atoms with Gasteiger partial charge < -0.3 is 0 Å². The van der Waals surface area contributed by atoms with Gasteiger partial charge in [-0.25, -0.2) is 0 Å². The van der Waals surface area contributed by atoms with E-state index in [4.69, 9.17) is 0 Å². The first-order chi connectivity index (χ1) is 21.8. The summed E-state index contributed by atoms with van der Waals surface area (Å²) in [6.07, 6.45) is 0. The van der Waals surface area contributed by atoms with Crippen LogP contribution in [0.15, 0.2) is 206 Å². The molecule has 45 heavy (non-hydrogen) atoms. The van der Waals surface area contributed by atoms with Crippen molar-refractivity contribution in [3.63, 3.8) is 0 Å². The Labute approximate surface area is 266 Å². The Morgan fingerprint density at radius 3 is 0.689 bits per heavy atom. The molecule has 0 aliphatic carbocycles. The monoisotopic (exact) mass is 578 g/mol. The fourth-order valence-corrected chi connectivity index (χ4v) is 5.36. The molecule has 0 saturated carbocycles. The average molecular weight is 579 g/mol. The summed E-state index contributed by atoms with van der Waals surface area (Å²) in [5.41, 5.74) is 0. The van der Waals surface area contributed by atoms with Crippen molar-refractivity contribution in [1.29, 1.82) is 0 Å². The summed E-state index contributed by atoms with van der Waals surface area (Å²) >= 11 is 0. The molecule has 0 nitrogen and oxygen atoms in total. The van der Waals surface area contributed by atoms with Crippen molar-refractivity contribution in [3.8, 4) is 0 Å². The lowest BCUT2D eigenvalue weighted by molar-refractivity contribution is 1.72.